The molecule has 4 nitrogen and oxygen atoms in total. The quantitative estimate of drug-likeness (QED) is 0.595. The number of halogens is 2. The van der Waals surface area contributed by atoms with Crippen LogP contribution in [0.15, 0.2) is 41.0 Å². The van der Waals surface area contributed by atoms with Gasteiger partial charge in [0.2, 0.25) is 0 Å². The molecule has 6 heteroatoms. The van der Waals surface area contributed by atoms with Crippen LogP contribution in [0.2, 0.25) is 0 Å². The molecule has 1 heterocycles. The number of nitrogens with one attached hydrogen (secondary N) is 1. The summed E-state index contributed by atoms with van der Waals surface area (Å²) >= 11 is 3.23. The molecule has 0 saturated carbocycles. The van der Waals surface area contributed by atoms with Crippen LogP contribution in [-0.2, 0) is 6.42 Å². The minimum Gasteiger partial charge on any atom is -0.384 e. The van der Waals surface area contributed by atoms with Crippen molar-refractivity contribution >= 4 is 21.7 Å². The van der Waals surface area contributed by atoms with Gasteiger partial charge in [0, 0.05) is 16.2 Å². The van der Waals surface area contributed by atoms with Gasteiger partial charge in [0.15, 0.2) is 0 Å². The maximum atomic E-state index is 13.9. The molecule has 1 unspecified atom stereocenters. The topological polar surface area (TPSA) is 77.0 Å². The number of rotatable bonds is 4. The van der Waals surface area contributed by atoms with Gasteiger partial charge in [-0.3, -0.25) is 11.3 Å². The van der Waals surface area contributed by atoms with Crippen molar-refractivity contribution in [1.29, 1.82) is 0 Å². The lowest BCUT2D eigenvalue weighted by atomic mass is 9.99. The van der Waals surface area contributed by atoms with Crippen LogP contribution < -0.4 is 17.0 Å². The van der Waals surface area contributed by atoms with Crippen LogP contribution in [0.4, 0.5) is 10.2 Å². The molecule has 1 aromatic heterocycles. The van der Waals surface area contributed by atoms with Crippen LogP contribution >= 0.6 is 15.9 Å². The molecule has 0 radical (unpaired) electrons. The van der Waals surface area contributed by atoms with Crippen molar-refractivity contribution in [3.05, 3.63) is 57.9 Å². The van der Waals surface area contributed by atoms with E-state index in [9.17, 15) is 4.39 Å². The van der Waals surface area contributed by atoms with E-state index in [1.807, 2.05) is 6.07 Å². The van der Waals surface area contributed by atoms with E-state index in [1.54, 1.807) is 24.4 Å². The highest BCUT2D eigenvalue weighted by molar-refractivity contribution is 9.10. The number of nitrogens with two attached hydrogens (primary N) is 2. The second-order valence-corrected chi connectivity index (χ2v) is 5.09. The number of nitrogen functional groups attached to an aromatic ring is 1. The first-order valence-electron chi connectivity index (χ1n) is 5.71. The van der Waals surface area contributed by atoms with E-state index in [1.165, 1.54) is 6.07 Å². The average Bonchev–Trinajstić information content (AvgIpc) is 2.37. The van der Waals surface area contributed by atoms with Crippen molar-refractivity contribution in [2.75, 3.05) is 5.73 Å². The Balaban J connectivity index is 2.25. The second-order valence-electron chi connectivity index (χ2n) is 4.18. The van der Waals surface area contributed by atoms with Gasteiger partial charge in [0.1, 0.15) is 11.6 Å². The molecule has 5 N–H and O–H groups in total. The normalized spacial score (nSPS) is 12.4. The predicted molar refractivity (Wildman–Crippen MR) is 76.5 cm³/mol. The minimum absolute atomic E-state index is 0.306. The summed E-state index contributed by atoms with van der Waals surface area (Å²) < 4.78 is 14.6. The Labute approximate surface area is 119 Å². The molecule has 0 fully saturated rings. The molecule has 2 rings (SSSR count). The fourth-order valence-electron chi connectivity index (χ4n) is 1.90. The summed E-state index contributed by atoms with van der Waals surface area (Å²) in [5.74, 6) is 5.65. The van der Waals surface area contributed by atoms with Crippen LogP contribution in [0, 0.1) is 5.82 Å². The predicted octanol–water partition coefficient (Wildman–Crippen LogP) is 2.31. The maximum Gasteiger partial charge on any atom is 0.129 e. The number of aromatic nitrogens is 1. The fraction of sp³-hybridized carbons (Fsp3) is 0.154. The Hall–Kier alpha value is -1.50. The molecule has 0 aliphatic carbocycles. The summed E-state index contributed by atoms with van der Waals surface area (Å²) in [6, 6.07) is 8.16. The number of hydrazine groups is 1. The van der Waals surface area contributed by atoms with Crippen molar-refractivity contribution < 1.29 is 4.39 Å². The standard InChI is InChI=1S/C13H14BrFN4/c14-9-1-2-10(11(15)7-9)12(19-17)5-8-3-4-18-13(16)6-8/h1-4,6-7,12,19H,5,17H2,(H2,16,18). The van der Waals surface area contributed by atoms with Crippen molar-refractivity contribution in [3.8, 4) is 0 Å². The van der Waals surface area contributed by atoms with Crippen LogP contribution in [0.1, 0.15) is 17.2 Å². The molecule has 1 atom stereocenters. The summed E-state index contributed by atoms with van der Waals surface area (Å²) in [6.07, 6.45) is 2.15. The lowest BCUT2D eigenvalue weighted by Gasteiger charge is -2.17. The van der Waals surface area contributed by atoms with Gasteiger partial charge in [0.05, 0.1) is 6.04 Å². The number of anilines is 1. The molecule has 0 saturated heterocycles. The number of hydrogen-bond donors (Lipinski definition) is 3. The van der Waals surface area contributed by atoms with Crippen molar-refractivity contribution in [2.24, 2.45) is 5.84 Å². The third kappa shape index (κ3) is 3.50. The Bertz CT molecular complexity index is 576. The van der Waals surface area contributed by atoms with Crippen molar-refractivity contribution in [1.82, 2.24) is 10.4 Å². The van der Waals surface area contributed by atoms with Crippen LogP contribution in [-0.4, -0.2) is 4.98 Å². The van der Waals surface area contributed by atoms with Crippen molar-refractivity contribution in [3.63, 3.8) is 0 Å². The average molecular weight is 325 g/mol. The van der Waals surface area contributed by atoms with Gasteiger partial charge in [0.25, 0.3) is 0 Å². The number of nitrogens with zero attached hydrogens (tertiary/aromatic N) is 1. The zero-order valence-electron chi connectivity index (χ0n) is 10.1. The highest BCUT2D eigenvalue weighted by atomic mass is 79.9. The number of hydrogen-bond acceptors (Lipinski definition) is 4. The highest BCUT2D eigenvalue weighted by Gasteiger charge is 2.15. The molecule has 100 valence electrons. The lowest BCUT2D eigenvalue weighted by Crippen LogP contribution is -2.30. The van der Waals surface area contributed by atoms with E-state index < -0.39 is 0 Å². The van der Waals surface area contributed by atoms with Gasteiger partial charge >= 0.3 is 0 Å². The molecule has 2 aromatic rings. The van der Waals surface area contributed by atoms with E-state index in [2.05, 4.69) is 26.3 Å². The van der Waals surface area contributed by atoms with Crippen LogP contribution in [0.5, 0.6) is 0 Å². The highest BCUT2D eigenvalue weighted by Crippen LogP contribution is 2.23. The zero-order valence-corrected chi connectivity index (χ0v) is 11.7. The second kappa shape index (κ2) is 6.10. The molecular formula is C13H14BrFN4. The lowest BCUT2D eigenvalue weighted by molar-refractivity contribution is 0.510. The Morgan fingerprint density at radius 1 is 1.32 bits per heavy atom. The van der Waals surface area contributed by atoms with E-state index >= 15 is 0 Å². The van der Waals surface area contributed by atoms with Gasteiger partial charge in [-0.1, -0.05) is 22.0 Å². The molecule has 0 spiro atoms. The molecule has 0 aliphatic heterocycles. The Kier molecular flexibility index (Phi) is 4.47. The minimum atomic E-state index is -0.324. The molecular weight excluding hydrogens is 311 g/mol. The van der Waals surface area contributed by atoms with E-state index in [-0.39, 0.29) is 11.9 Å². The van der Waals surface area contributed by atoms with Crippen molar-refractivity contribution in [2.45, 2.75) is 12.5 Å². The first kappa shape index (κ1) is 13.9. The van der Waals surface area contributed by atoms with E-state index in [0.29, 0.717) is 22.3 Å². The first-order chi connectivity index (χ1) is 9.10. The number of pyridine rings is 1. The molecule has 0 aliphatic rings. The summed E-state index contributed by atoms with van der Waals surface area (Å²) in [6.45, 7) is 0. The molecule has 19 heavy (non-hydrogen) atoms. The Morgan fingerprint density at radius 3 is 2.74 bits per heavy atom. The Morgan fingerprint density at radius 2 is 2.11 bits per heavy atom. The van der Waals surface area contributed by atoms with Crippen LogP contribution in [0.25, 0.3) is 0 Å². The van der Waals surface area contributed by atoms with Gasteiger partial charge in [-0.25, -0.2) is 9.37 Å². The van der Waals surface area contributed by atoms with Crippen LogP contribution in [0.3, 0.4) is 0 Å². The van der Waals surface area contributed by atoms with E-state index in [0.717, 1.165) is 5.56 Å². The monoisotopic (exact) mass is 324 g/mol. The van der Waals surface area contributed by atoms with Gasteiger partial charge in [-0.15, -0.1) is 0 Å². The fourth-order valence-corrected chi connectivity index (χ4v) is 2.23. The third-order valence-electron chi connectivity index (χ3n) is 2.82. The SMILES string of the molecule is NNC(Cc1ccnc(N)c1)c1ccc(Br)cc1F. The van der Waals surface area contributed by atoms with Gasteiger partial charge in [-0.05, 0) is 36.2 Å². The summed E-state index contributed by atoms with van der Waals surface area (Å²) in [7, 11) is 0. The molecule has 0 bridgehead atoms. The maximum absolute atomic E-state index is 13.9. The largest absolute Gasteiger partial charge is 0.384 e. The smallest absolute Gasteiger partial charge is 0.129 e. The van der Waals surface area contributed by atoms with Gasteiger partial charge < -0.3 is 5.73 Å². The summed E-state index contributed by atoms with van der Waals surface area (Å²) in [5, 5.41) is 0. The zero-order chi connectivity index (χ0) is 13.8. The molecule has 0 amide bonds. The number of benzene rings is 1. The summed E-state index contributed by atoms with van der Waals surface area (Å²) in [5.41, 5.74) is 9.71. The summed E-state index contributed by atoms with van der Waals surface area (Å²) in [4.78, 5) is 3.92. The van der Waals surface area contributed by atoms with E-state index in [4.69, 9.17) is 11.6 Å². The third-order valence-corrected chi connectivity index (χ3v) is 3.32. The first-order valence-corrected chi connectivity index (χ1v) is 6.51. The van der Waals surface area contributed by atoms with Gasteiger partial charge in [-0.2, -0.15) is 0 Å². The molecule has 1 aromatic carbocycles.